The number of ether oxygens (including phenoxy) is 1. The van der Waals surface area contributed by atoms with Gasteiger partial charge in [0, 0.05) is 0 Å². The molecule has 1 aliphatic heterocycles. The zero-order chi connectivity index (χ0) is 14.5. The first-order valence-corrected chi connectivity index (χ1v) is 7.63. The summed E-state index contributed by atoms with van der Waals surface area (Å²) in [5.74, 6) is 0.877. The number of fused-ring (bicyclic) bond motifs is 1. The van der Waals surface area contributed by atoms with Crippen LogP contribution < -0.4 is 10.2 Å². The average molecular weight is 290 g/mol. The summed E-state index contributed by atoms with van der Waals surface area (Å²) in [7, 11) is 1.35. The Morgan fingerprint density at radius 3 is 2.35 bits per heavy atom. The molecule has 1 fully saturated rings. The fourth-order valence-corrected chi connectivity index (χ4v) is 3.21. The first-order valence-electron chi connectivity index (χ1n) is 6.75. The second kappa shape index (κ2) is 4.48. The maximum atomic E-state index is 6.10. The lowest BCUT2D eigenvalue weighted by Gasteiger charge is -2.32. The maximum Gasteiger partial charge on any atom is 0.494 e. The third-order valence-corrected chi connectivity index (χ3v) is 5.23. The lowest BCUT2D eigenvalue weighted by atomic mass is 9.78. The van der Waals surface area contributed by atoms with Crippen LogP contribution in [0.3, 0.4) is 0 Å². The van der Waals surface area contributed by atoms with E-state index < -0.39 is 0 Å². The van der Waals surface area contributed by atoms with Crippen molar-refractivity contribution >= 4 is 34.0 Å². The van der Waals surface area contributed by atoms with Crippen LogP contribution >= 0.6 is 11.3 Å². The molecule has 0 radical (unpaired) electrons. The number of hydrogen-bond acceptors (Lipinski definition) is 4. The van der Waals surface area contributed by atoms with Crippen molar-refractivity contribution in [2.24, 2.45) is 0 Å². The quantitative estimate of drug-likeness (QED) is 0.795. The largest absolute Gasteiger partial charge is 0.495 e. The minimum Gasteiger partial charge on any atom is -0.495 e. The van der Waals surface area contributed by atoms with Crippen LogP contribution in [-0.4, -0.2) is 25.4 Å². The van der Waals surface area contributed by atoms with E-state index >= 15 is 0 Å². The second-order valence-electron chi connectivity index (χ2n) is 6.15. The molecule has 0 bridgehead atoms. The molecule has 0 spiro atoms. The van der Waals surface area contributed by atoms with E-state index in [0.717, 1.165) is 15.9 Å². The van der Waals surface area contributed by atoms with Gasteiger partial charge >= 0.3 is 7.12 Å². The van der Waals surface area contributed by atoms with Gasteiger partial charge in [-0.25, -0.2) is 0 Å². The molecular formula is C15H19BO3S. The Bertz CT molecular complexity index is 632. The van der Waals surface area contributed by atoms with Gasteiger partial charge in [-0.1, -0.05) is 6.07 Å². The van der Waals surface area contributed by atoms with Gasteiger partial charge in [0.1, 0.15) is 5.75 Å². The van der Waals surface area contributed by atoms with Gasteiger partial charge in [0.05, 0.1) is 23.0 Å². The van der Waals surface area contributed by atoms with Crippen molar-refractivity contribution in [2.75, 3.05) is 7.11 Å². The highest BCUT2D eigenvalue weighted by atomic mass is 32.1. The van der Waals surface area contributed by atoms with Crippen LogP contribution in [0.15, 0.2) is 23.6 Å². The molecule has 0 aliphatic carbocycles. The SMILES string of the molecule is COc1cc(B2OC(C)(C)C(C)(C)O2)cc2ccsc12. The van der Waals surface area contributed by atoms with E-state index in [-0.39, 0.29) is 18.3 Å². The van der Waals surface area contributed by atoms with Crippen LogP contribution in [0, 0.1) is 0 Å². The van der Waals surface area contributed by atoms with Gasteiger partial charge in [-0.3, -0.25) is 0 Å². The van der Waals surface area contributed by atoms with Gasteiger partial charge < -0.3 is 14.0 Å². The Labute approximate surface area is 124 Å². The van der Waals surface area contributed by atoms with E-state index in [1.165, 1.54) is 5.39 Å². The van der Waals surface area contributed by atoms with Crippen molar-refractivity contribution in [1.82, 2.24) is 0 Å². The van der Waals surface area contributed by atoms with E-state index in [4.69, 9.17) is 14.0 Å². The van der Waals surface area contributed by atoms with Crippen LogP contribution in [0.25, 0.3) is 10.1 Å². The van der Waals surface area contributed by atoms with E-state index in [2.05, 4.69) is 45.2 Å². The molecule has 1 aromatic heterocycles. The highest BCUT2D eigenvalue weighted by molar-refractivity contribution is 7.17. The van der Waals surface area contributed by atoms with Crippen molar-refractivity contribution in [2.45, 2.75) is 38.9 Å². The van der Waals surface area contributed by atoms with Crippen molar-refractivity contribution in [3.8, 4) is 5.75 Å². The van der Waals surface area contributed by atoms with Gasteiger partial charge in [0.25, 0.3) is 0 Å². The minimum atomic E-state index is -0.349. The van der Waals surface area contributed by atoms with Crippen molar-refractivity contribution in [1.29, 1.82) is 0 Å². The van der Waals surface area contributed by atoms with Gasteiger partial charge in [0.15, 0.2) is 0 Å². The molecule has 0 atom stereocenters. The number of methoxy groups -OCH3 is 1. The first-order chi connectivity index (χ1) is 9.34. The van der Waals surface area contributed by atoms with Crippen LogP contribution in [0.4, 0.5) is 0 Å². The number of rotatable bonds is 2. The third-order valence-electron chi connectivity index (χ3n) is 4.28. The molecule has 2 heterocycles. The standard InChI is InChI=1S/C15H19BO3S/c1-14(2)15(3,4)19-16(18-14)11-8-10-6-7-20-13(10)12(9-11)17-5/h6-9H,1-5H3. The Morgan fingerprint density at radius 2 is 1.75 bits per heavy atom. The van der Waals surface area contributed by atoms with E-state index in [1.54, 1.807) is 18.4 Å². The summed E-state index contributed by atoms with van der Waals surface area (Å²) in [4.78, 5) is 0. The summed E-state index contributed by atoms with van der Waals surface area (Å²) in [6, 6.07) is 6.23. The molecule has 1 aromatic carbocycles. The van der Waals surface area contributed by atoms with Gasteiger partial charge in [-0.2, -0.15) is 0 Å². The minimum absolute atomic E-state index is 0.325. The van der Waals surface area contributed by atoms with Crippen molar-refractivity contribution in [3.63, 3.8) is 0 Å². The lowest BCUT2D eigenvalue weighted by Crippen LogP contribution is -2.41. The van der Waals surface area contributed by atoms with Gasteiger partial charge in [-0.05, 0) is 56.1 Å². The number of hydrogen-bond donors (Lipinski definition) is 0. The third kappa shape index (κ3) is 2.05. The summed E-state index contributed by atoms with van der Waals surface area (Å²) < 4.78 is 18.9. The molecule has 1 saturated heterocycles. The zero-order valence-corrected chi connectivity index (χ0v) is 13.3. The number of benzene rings is 1. The fourth-order valence-electron chi connectivity index (χ4n) is 2.34. The molecule has 2 aromatic rings. The molecule has 3 rings (SSSR count). The summed E-state index contributed by atoms with van der Waals surface area (Å²) in [5.41, 5.74) is 0.356. The van der Waals surface area contributed by atoms with Crippen molar-refractivity contribution in [3.05, 3.63) is 23.6 Å². The first kappa shape index (κ1) is 13.9. The summed E-state index contributed by atoms with van der Waals surface area (Å²) >= 11 is 1.68. The molecule has 0 amide bonds. The molecule has 5 heteroatoms. The summed E-state index contributed by atoms with van der Waals surface area (Å²) in [5, 5.41) is 3.24. The summed E-state index contributed by atoms with van der Waals surface area (Å²) in [6.45, 7) is 8.25. The topological polar surface area (TPSA) is 27.7 Å². The predicted molar refractivity (Wildman–Crippen MR) is 84.1 cm³/mol. The highest BCUT2D eigenvalue weighted by Gasteiger charge is 2.51. The molecule has 0 N–H and O–H groups in total. The van der Waals surface area contributed by atoms with E-state index in [1.807, 2.05) is 6.07 Å². The lowest BCUT2D eigenvalue weighted by molar-refractivity contribution is 0.00578. The molecule has 3 nitrogen and oxygen atoms in total. The molecule has 1 aliphatic rings. The fraction of sp³-hybridized carbons (Fsp3) is 0.467. The molecule has 0 unspecified atom stereocenters. The number of thiophene rings is 1. The maximum absolute atomic E-state index is 6.10. The Balaban J connectivity index is 2.03. The van der Waals surface area contributed by atoms with E-state index in [0.29, 0.717) is 0 Å². The molecule has 106 valence electrons. The van der Waals surface area contributed by atoms with Gasteiger partial charge in [0.2, 0.25) is 0 Å². The van der Waals surface area contributed by atoms with Gasteiger partial charge in [-0.15, -0.1) is 11.3 Å². The van der Waals surface area contributed by atoms with Crippen LogP contribution in [-0.2, 0) is 9.31 Å². The molecule has 20 heavy (non-hydrogen) atoms. The highest BCUT2D eigenvalue weighted by Crippen LogP contribution is 2.37. The Hall–Kier alpha value is -1.04. The Kier molecular flexibility index (Phi) is 3.12. The summed E-state index contributed by atoms with van der Waals surface area (Å²) in [6.07, 6.45) is 0. The van der Waals surface area contributed by atoms with E-state index in [9.17, 15) is 0 Å². The smallest absolute Gasteiger partial charge is 0.494 e. The second-order valence-corrected chi connectivity index (χ2v) is 7.07. The predicted octanol–water partition coefficient (Wildman–Crippen LogP) is 3.21. The monoisotopic (exact) mass is 290 g/mol. The Morgan fingerprint density at radius 1 is 1.10 bits per heavy atom. The van der Waals surface area contributed by atoms with Crippen LogP contribution in [0.1, 0.15) is 27.7 Å². The van der Waals surface area contributed by atoms with Crippen LogP contribution in [0.2, 0.25) is 0 Å². The van der Waals surface area contributed by atoms with Crippen LogP contribution in [0.5, 0.6) is 5.75 Å². The zero-order valence-electron chi connectivity index (χ0n) is 12.5. The normalized spacial score (nSPS) is 20.6. The molecule has 0 saturated carbocycles. The van der Waals surface area contributed by atoms with Crippen molar-refractivity contribution < 1.29 is 14.0 Å². The molecular weight excluding hydrogens is 271 g/mol. The average Bonchev–Trinajstić information content (AvgIpc) is 2.91.